The number of anilines is 2. The van der Waals surface area contributed by atoms with Gasteiger partial charge in [0.1, 0.15) is 12.4 Å². The summed E-state index contributed by atoms with van der Waals surface area (Å²) in [5.74, 6) is -1.07. The van der Waals surface area contributed by atoms with Gasteiger partial charge >= 0.3 is 0 Å². The number of hydrogen-bond acceptors (Lipinski definition) is 5. The molecule has 1 atom stereocenters. The lowest BCUT2D eigenvalue weighted by Gasteiger charge is -2.47. The maximum Gasteiger partial charge on any atom is 0.294 e. The third-order valence-corrected chi connectivity index (χ3v) is 7.37. The minimum Gasteiger partial charge on any atom is -0.366 e. The van der Waals surface area contributed by atoms with Crippen molar-refractivity contribution in [2.45, 2.75) is 52.0 Å². The van der Waals surface area contributed by atoms with Gasteiger partial charge in [0.2, 0.25) is 5.91 Å². The predicted molar refractivity (Wildman–Crippen MR) is 139 cm³/mol. The van der Waals surface area contributed by atoms with E-state index in [2.05, 4.69) is 50.0 Å². The lowest BCUT2D eigenvalue weighted by molar-refractivity contribution is -0.127. The molecule has 2 aliphatic rings. The Labute approximate surface area is 209 Å². The maximum absolute atomic E-state index is 13.1. The monoisotopic (exact) mass is 495 g/mol. The van der Waals surface area contributed by atoms with Crippen LogP contribution in [0.25, 0.3) is 6.08 Å². The SMILES string of the molecule is CCCN1c2ccc(/C=C3/SC(=O)N(CC(=O)Nc4ccc(F)cc4)C3=O)cc2C(C)CC1(C)C. The molecule has 4 rings (SSSR count). The van der Waals surface area contributed by atoms with Gasteiger partial charge in [0.05, 0.1) is 4.91 Å². The topological polar surface area (TPSA) is 69.7 Å². The molecule has 1 saturated heterocycles. The summed E-state index contributed by atoms with van der Waals surface area (Å²) in [5.41, 5.74) is 3.78. The Morgan fingerprint density at radius 3 is 2.60 bits per heavy atom. The van der Waals surface area contributed by atoms with E-state index in [4.69, 9.17) is 0 Å². The zero-order valence-corrected chi connectivity index (χ0v) is 21.2. The maximum atomic E-state index is 13.1. The molecular formula is C27H30FN3O3S. The molecule has 2 aromatic carbocycles. The highest BCUT2D eigenvalue weighted by Gasteiger charge is 2.37. The third-order valence-electron chi connectivity index (χ3n) is 6.46. The van der Waals surface area contributed by atoms with Crippen LogP contribution in [0.3, 0.4) is 0 Å². The Bertz CT molecular complexity index is 1190. The number of carbonyl (C=O) groups excluding carboxylic acids is 3. The molecule has 3 amide bonds. The first-order valence-electron chi connectivity index (χ1n) is 11.8. The van der Waals surface area contributed by atoms with Crippen molar-refractivity contribution >= 4 is 46.3 Å². The van der Waals surface area contributed by atoms with Crippen molar-refractivity contribution in [1.29, 1.82) is 0 Å². The van der Waals surface area contributed by atoms with Crippen LogP contribution in [0.15, 0.2) is 47.4 Å². The normalized spacial score (nSPS) is 20.4. The fourth-order valence-corrected chi connectivity index (χ4v) is 5.75. The molecule has 8 heteroatoms. The minimum absolute atomic E-state index is 0.0705. The number of hydrogen-bond donors (Lipinski definition) is 1. The first-order chi connectivity index (χ1) is 16.6. The molecule has 35 heavy (non-hydrogen) atoms. The van der Waals surface area contributed by atoms with Gasteiger partial charge in [-0.1, -0.05) is 19.9 Å². The molecule has 0 aromatic heterocycles. The van der Waals surface area contributed by atoms with Crippen molar-refractivity contribution < 1.29 is 18.8 Å². The summed E-state index contributed by atoms with van der Waals surface area (Å²) in [5, 5.41) is 2.09. The fraction of sp³-hybridized carbons (Fsp3) is 0.370. The number of thioether (sulfide) groups is 1. The van der Waals surface area contributed by atoms with Crippen LogP contribution >= 0.6 is 11.8 Å². The number of nitrogens with zero attached hydrogens (tertiary/aromatic N) is 2. The van der Waals surface area contributed by atoms with Crippen LogP contribution in [0.5, 0.6) is 0 Å². The zero-order chi connectivity index (χ0) is 25.3. The van der Waals surface area contributed by atoms with Crippen molar-refractivity contribution in [3.8, 4) is 0 Å². The molecule has 2 aliphatic heterocycles. The van der Waals surface area contributed by atoms with Crippen molar-refractivity contribution in [3.63, 3.8) is 0 Å². The van der Waals surface area contributed by atoms with Crippen molar-refractivity contribution in [1.82, 2.24) is 4.90 Å². The molecule has 184 valence electrons. The fourth-order valence-electron chi connectivity index (χ4n) is 4.91. The van der Waals surface area contributed by atoms with Gasteiger partial charge in [0.15, 0.2) is 0 Å². The smallest absolute Gasteiger partial charge is 0.294 e. The van der Waals surface area contributed by atoms with E-state index in [1.165, 1.54) is 35.5 Å². The second kappa shape index (κ2) is 9.85. The average Bonchev–Trinajstić information content (AvgIpc) is 3.05. The van der Waals surface area contributed by atoms with Crippen LogP contribution in [0.1, 0.15) is 57.6 Å². The molecule has 1 unspecified atom stereocenters. The van der Waals surface area contributed by atoms with Gasteiger partial charge in [-0.25, -0.2) is 4.39 Å². The van der Waals surface area contributed by atoms with Gasteiger partial charge in [-0.15, -0.1) is 0 Å². The van der Waals surface area contributed by atoms with E-state index in [-0.39, 0.29) is 5.54 Å². The molecular weight excluding hydrogens is 465 g/mol. The molecule has 6 nitrogen and oxygen atoms in total. The van der Waals surface area contributed by atoms with Crippen LogP contribution < -0.4 is 10.2 Å². The summed E-state index contributed by atoms with van der Waals surface area (Å²) in [6, 6.07) is 11.5. The summed E-state index contributed by atoms with van der Waals surface area (Å²) >= 11 is 0.832. The van der Waals surface area contributed by atoms with E-state index in [1.54, 1.807) is 6.08 Å². The number of halogens is 1. The predicted octanol–water partition coefficient (Wildman–Crippen LogP) is 6.00. The average molecular weight is 496 g/mol. The van der Waals surface area contributed by atoms with Gasteiger partial charge in [-0.05, 0) is 98.0 Å². The van der Waals surface area contributed by atoms with Crippen LogP contribution in [-0.4, -0.2) is 40.6 Å². The summed E-state index contributed by atoms with van der Waals surface area (Å²) in [6.45, 7) is 9.53. The van der Waals surface area contributed by atoms with Crippen LogP contribution in [0.4, 0.5) is 20.6 Å². The van der Waals surface area contributed by atoms with E-state index in [9.17, 15) is 18.8 Å². The first kappa shape index (κ1) is 25.0. The molecule has 0 aliphatic carbocycles. The lowest BCUT2D eigenvalue weighted by atomic mass is 9.79. The van der Waals surface area contributed by atoms with E-state index >= 15 is 0 Å². The first-order valence-corrected chi connectivity index (χ1v) is 12.6. The Morgan fingerprint density at radius 2 is 1.91 bits per heavy atom. The second-order valence-electron chi connectivity index (χ2n) is 9.71. The quantitative estimate of drug-likeness (QED) is 0.498. The summed E-state index contributed by atoms with van der Waals surface area (Å²) in [6.07, 6.45) is 3.81. The summed E-state index contributed by atoms with van der Waals surface area (Å²) < 4.78 is 13.1. The molecule has 2 aromatic rings. The van der Waals surface area contributed by atoms with Gasteiger partial charge in [-0.2, -0.15) is 0 Å². The zero-order valence-electron chi connectivity index (χ0n) is 20.4. The Balaban J connectivity index is 1.51. The highest BCUT2D eigenvalue weighted by Crippen LogP contribution is 2.44. The number of nitrogens with one attached hydrogen (secondary N) is 1. The standard InChI is InChI=1S/C27H30FN3O3S/c1-5-12-31-22-11-6-18(13-21(22)17(2)15-27(31,3)4)14-23-25(33)30(26(34)35-23)16-24(32)29-20-9-7-19(28)8-10-20/h6-11,13-14,17H,5,12,15-16H2,1-4H3,(H,29,32)/b23-14+. The van der Waals surface area contributed by atoms with Gasteiger partial charge in [-0.3, -0.25) is 19.3 Å². The van der Waals surface area contributed by atoms with Crippen LogP contribution in [0, 0.1) is 5.82 Å². The Morgan fingerprint density at radius 1 is 1.20 bits per heavy atom. The van der Waals surface area contributed by atoms with E-state index in [1.807, 2.05) is 6.07 Å². The number of amides is 3. The number of imide groups is 1. The molecule has 2 heterocycles. The lowest BCUT2D eigenvalue weighted by Crippen LogP contribution is -2.48. The van der Waals surface area contributed by atoms with Crippen molar-refractivity contribution in [2.75, 3.05) is 23.3 Å². The Hall–Kier alpha value is -3.13. The van der Waals surface area contributed by atoms with E-state index in [0.29, 0.717) is 16.5 Å². The number of rotatable bonds is 6. The number of fused-ring (bicyclic) bond motifs is 1. The summed E-state index contributed by atoms with van der Waals surface area (Å²) in [7, 11) is 0. The molecule has 0 bridgehead atoms. The van der Waals surface area contributed by atoms with Crippen molar-refractivity contribution in [2.24, 2.45) is 0 Å². The van der Waals surface area contributed by atoms with Gasteiger partial charge < -0.3 is 10.2 Å². The van der Waals surface area contributed by atoms with Gasteiger partial charge in [0.25, 0.3) is 11.1 Å². The Kier molecular flexibility index (Phi) is 7.03. The highest BCUT2D eigenvalue weighted by atomic mass is 32.2. The van der Waals surface area contributed by atoms with E-state index in [0.717, 1.165) is 41.6 Å². The van der Waals surface area contributed by atoms with E-state index < -0.39 is 29.4 Å². The van der Waals surface area contributed by atoms with Gasteiger partial charge in [0, 0.05) is 23.5 Å². The molecule has 0 radical (unpaired) electrons. The molecule has 0 saturated carbocycles. The van der Waals surface area contributed by atoms with Crippen LogP contribution in [-0.2, 0) is 9.59 Å². The number of carbonyl (C=O) groups is 3. The van der Waals surface area contributed by atoms with Crippen LogP contribution in [0.2, 0.25) is 0 Å². The molecule has 0 spiro atoms. The third kappa shape index (κ3) is 5.27. The number of benzene rings is 2. The molecule has 1 N–H and O–H groups in total. The largest absolute Gasteiger partial charge is 0.366 e. The highest BCUT2D eigenvalue weighted by molar-refractivity contribution is 8.18. The summed E-state index contributed by atoms with van der Waals surface area (Å²) in [4.78, 5) is 41.4. The molecule has 1 fully saturated rings. The minimum atomic E-state index is -0.526. The second-order valence-corrected chi connectivity index (χ2v) is 10.7. The van der Waals surface area contributed by atoms with Crippen molar-refractivity contribution in [3.05, 3.63) is 64.3 Å².